The second-order valence-electron chi connectivity index (χ2n) is 5.50. The molecule has 1 aromatic rings. The van der Waals surface area contributed by atoms with Gasteiger partial charge in [0.2, 0.25) is 0 Å². The van der Waals surface area contributed by atoms with E-state index in [1.165, 1.54) is 6.42 Å². The highest BCUT2D eigenvalue weighted by atomic mass is 79.9. The van der Waals surface area contributed by atoms with E-state index in [1.54, 1.807) is 7.11 Å². The minimum absolute atomic E-state index is 0.0720. The molecule has 1 fully saturated rings. The van der Waals surface area contributed by atoms with Crippen LogP contribution in [-0.2, 0) is 0 Å². The third-order valence-electron chi connectivity index (χ3n) is 3.55. The number of piperidine rings is 1. The molecule has 1 heterocycles. The largest absolute Gasteiger partial charge is 0.496 e. The number of carbonyl (C=O) groups is 1. The van der Waals surface area contributed by atoms with E-state index in [2.05, 4.69) is 29.8 Å². The summed E-state index contributed by atoms with van der Waals surface area (Å²) < 4.78 is 6.23. The Balaban J connectivity index is 2.24. The Hall–Kier alpha value is -1.03. The molecule has 0 N–H and O–H groups in total. The molecular weight excluding hydrogens is 306 g/mol. The predicted molar refractivity (Wildman–Crippen MR) is 79.5 cm³/mol. The fourth-order valence-electron chi connectivity index (χ4n) is 2.84. The SMILES string of the molecule is COc1cc(Br)ccc1C(=O)N1CC(C)CC(C)C1. The molecular formula is C15H20BrNO2. The number of hydrogen-bond donors (Lipinski definition) is 0. The highest BCUT2D eigenvalue weighted by molar-refractivity contribution is 9.10. The zero-order valence-corrected chi connectivity index (χ0v) is 13.2. The first-order chi connectivity index (χ1) is 9.01. The number of ether oxygens (including phenoxy) is 1. The van der Waals surface area contributed by atoms with Crippen molar-refractivity contribution in [2.24, 2.45) is 11.8 Å². The molecule has 1 aliphatic heterocycles. The van der Waals surface area contributed by atoms with Crippen LogP contribution in [0.15, 0.2) is 22.7 Å². The molecule has 3 nitrogen and oxygen atoms in total. The van der Waals surface area contributed by atoms with Gasteiger partial charge in [0.15, 0.2) is 0 Å². The smallest absolute Gasteiger partial charge is 0.257 e. The number of likely N-dealkylation sites (tertiary alicyclic amines) is 1. The van der Waals surface area contributed by atoms with Gasteiger partial charge in [0.05, 0.1) is 12.7 Å². The van der Waals surface area contributed by atoms with E-state index < -0.39 is 0 Å². The molecule has 2 atom stereocenters. The van der Waals surface area contributed by atoms with Crippen molar-refractivity contribution in [3.63, 3.8) is 0 Å². The van der Waals surface area contributed by atoms with Crippen molar-refractivity contribution in [1.29, 1.82) is 0 Å². The quantitative estimate of drug-likeness (QED) is 0.831. The minimum Gasteiger partial charge on any atom is -0.496 e. The van der Waals surface area contributed by atoms with Gasteiger partial charge in [-0.3, -0.25) is 4.79 Å². The molecule has 0 aliphatic carbocycles. The molecule has 1 aromatic carbocycles. The highest BCUT2D eigenvalue weighted by Crippen LogP contribution is 2.27. The van der Waals surface area contributed by atoms with E-state index in [1.807, 2.05) is 23.1 Å². The van der Waals surface area contributed by atoms with Crippen LogP contribution in [-0.4, -0.2) is 31.0 Å². The van der Waals surface area contributed by atoms with Gasteiger partial charge in [-0.05, 0) is 36.5 Å². The number of hydrogen-bond acceptors (Lipinski definition) is 2. The summed E-state index contributed by atoms with van der Waals surface area (Å²) in [6.07, 6.45) is 1.20. The number of amides is 1. The number of halogens is 1. The molecule has 0 radical (unpaired) electrons. The average Bonchev–Trinajstić information content (AvgIpc) is 2.36. The summed E-state index contributed by atoms with van der Waals surface area (Å²) in [5, 5.41) is 0. The van der Waals surface area contributed by atoms with Crippen molar-refractivity contribution in [3.8, 4) is 5.75 Å². The van der Waals surface area contributed by atoms with Gasteiger partial charge in [0, 0.05) is 17.6 Å². The summed E-state index contributed by atoms with van der Waals surface area (Å²) in [6.45, 7) is 6.08. The number of rotatable bonds is 2. The minimum atomic E-state index is 0.0720. The van der Waals surface area contributed by atoms with Crippen molar-refractivity contribution >= 4 is 21.8 Å². The van der Waals surface area contributed by atoms with Crippen LogP contribution >= 0.6 is 15.9 Å². The number of nitrogens with zero attached hydrogens (tertiary/aromatic N) is 1. The summed E-state index contributed by atoms with van der Waals surface area (Å²) >= 11 is 3.40. The Labute approximate surface area is 123 Å². The van der Waals surface area contributed by atoms with Crippen molar-refractivity contribution in [2.75, 3.05) is 20.2 Å². The maximum Gasteiger partial charge on any atom is 0.257 e. The lowest BCUT2D eigenvalue weighted by molar-refractivity contribution is 0.0620. The fraction of sp³-hybridized carbons (Fsp3) is 0.533. The zero-order chi connectivity index (χ0) is 14.0. The van der Waals surface area contributed by atoms with E-state index in [4.69, 9.17) is 4.74 Å². The van der Waals surface area contributed by atoms with Gasteiger partial charge in [0.1, 0.15) is 5.75 Å². The first-order valence-corrected chi connectivity index (χ1v) is 7.43. The number of methoxy groups -OCH3 is 1. The lowest BCUT2D eigenvalue weighted by atomic mass is 9.91. The van der Waals surface area contributed by atoms with Crippen molar-refractivity contribution in [3.05, 3.63) is 28.2 Å². The summed E-state index contributed by atoms with van der Waals surface area (Å²) in [4.78, 5) is 14.6. The lowest BCUT2D eigenvalue weighted by Gasteiger charge is -2.35. The second kappa shape index (κ2) is 5.95. The standard InChI is InChI=1S/C15H20BrNO2/c1-10-6-11(2)9-17(8-10)15(18)13-5-4-12(16)7-14(13)19-3/h4-5,7,10-11H,6,8-9H2,1-3H3. The molecule has 0 saturated carbocycles. The number of carbonyl (C=O) groups excluding carboxylic acids is 1. The zero-order valence-electron chi connectivity index (χ0n) is 11.6. The lowest BCUT2D eigenvalue weighted by Crippen LogP contribution is -2.42. The van der Waals surface area contributed by atoms with Crippen LogP contribution in [0.4, 0.5) is 0 Å². The van der Waals surface area contributed by atoms with E-state index in [-0.39, 0.29) is 5.91 Å². The normalized spacial score (nSPS) is 23.3. The molecule has 0 bridgehead atoms. The van der Waals surface area contributed by atoms with E-state index in [0.29, 0.717) is 23.1 Å². The van der Waals surface area contributed by atoms with Crippen LogP contribution in [0.25, 0.3) is 0 Å². The van der Waals surface area contributed by atoms with Crippen molar-refractivity contribution in [1.82, 2.24) is 4.90 Å². The molecule has 2 rings (SSSR count). The van der Waals surface area contributed by atoms with Gasteiger partial charge in [-0.1, -0.05) is 29.8 Å². The Morgan fingerprint density at radius 1 is 1.32 bits per heavy atom. The van der Waals surface area contributed by atoms with Gasteiger partial charge in [-0.15, -0.1) is 0 Å². The third-order valence-corrected chi connectivity index (χ3v) is 4.04. The molecule has 0 spiro atoms. The Morgan fingerprint density at radius 3 is 2.53 bits per heavy atom. The summed E-state index contributed by atoms with van der Waals surface area (Å²) in [5.41, 5.74) is 0.645. The van der Waals surface area contributed by atoms with Crippen LogP contribution in [0.2, 0.25) is 0 Å². The molecule has 1 aliphatic rings. The van der Waals surface area contributed by atoms with Gasteiger partial charge >= 0.3 is 0 Å². The molecule has 0 aromatic heterocycles. The number of benzene rings is 1. The van der Waals surface area contributed by atoms with E-state index in [9.17, 15) is 4.79 Å². The molecule has 4 heteroatoms. The Kier molecular flexibility index (Phi) is 4.50. The topological polar surface area (TPSA) is 29.5 Å². The van der Waals surface area contributed by atoms with E-state index >= 15 is 0 Å². The van der Waals surface area contributed by atoms with Gasteiger partial charge in [0.25, 0.3) is 5.91 Å². The molecule has 2 unspecified atom stereocenters. The van der Waals surface area contributed by atoms with Crippen LogP contribution in [0, 0.1) is 11.8 Å². The van der Waals surface area contributed by atoms with Gasteiger partial charge in [-0.25, -0.2) is 0 Å². The molecule has 1 saturated heterocycles. The average molecular weight is 326 g/mol. The van der Waals surface area contributed by atoms with Crippen molar-refractivity contribution < 1.29 is 9.53 Å². The van der Waals surface area contributed by atoms with Gasteiger partial charge < -0.3 is 9.64 Å². The summed E-state index contributed by atoms with van der Waals surface area (Å²) in [5.74, 6) is 1.83. The summed E-state index contributed by atoms with van der Waals surface area (Å²) in [6, 6.07) is 5.55. The second-order valence-corrected chi connectivity index (χ2v) is 6.42. The Morgan fingerprint density at radius 2 is 1.95 bits per heavy atom. The predicted octanol–water partition coefficient (Wildman–Crippen LogP) is 3.58. The monoisotopic (exact) mass is 325 g/mol. The molecule has 19 heavy (non-hydrogen) atoms. The van der Waals surface area contributed by atoms with Gasteiger partial charge in [-0.2, -0.15) is 0 Å². The first-order valence-electron chi connectivity index (χ1n) is 6.64. The van der Waals surface area contributed by atoms with Crippen LogP contribution in [0.1, 0.15) is 30.6 Å². The third kappa shape index (κ3) is 3.30. The highest BCUT2D eigenvalue weighted by Gasteiger charge is 2.27. The van der Waals surface area contributed by atoms with Crippen LogP contribution < -0.4 is 4.74 Å². The first kappa shape index (κ1) is 14.4. The van der Waals surface area contributed by atoms with Crippen LogP contribution in [0.3, 0.4) is 0 Å². The fourth-order valence-corrected chi connectivity index (χ4v) is 3.18. The van der Waals surface area contributed by atoms with E-state index in [0.717, 1.165) is 17.6 Å². The molecule has 104 valence electrons. The maximum atomic E-state index is 12.6. The summed E-state index contributed by atoms with van der Waals surface area (Å²) in [7, 11) is 1.60. The van der Waals surface area contributed by atoms with Crippen molar-refractivity contribution in [2.45, 2.75) is 20.3 Å². The van der Waals surface area contributed by atoms with Crippen LogP contribution in [0.5, 0.6) is 5.75 Å². The maximum absolute atomic E-state index is 12.6. The Bertz CT molecular complexity index is 465. The molecule has 1 amide bonds.